The number of nitrogens with zero attached hydrogens (tertiary/aromatic N) is 1. The average Bonchev–Trinajstić information content (AvgIpc) is 2.50. The predicted octanol–water partition coefficient (Wildman–Crippen LogP) is 1.52. The number of halogens is 1. The summed E-state index contributed by atoms with van der Waals surface area (Å²) in [6.45, 7) is 4.39. The summed E-state index contributed by atoms with van der Waals surface area (Å²) in [4.78, 5) is 12.5. The number of anilines is 1. The van der Waals surface area contributed by atoms with E-state index in [2.05, 4.69) is 0 Å². The van der Waals surface area contributed by atoms with E-state index in [1.165, 1.54) is 0 Å². The van der Waals surface area contributed by atoms with Crippen LogP contribution in [0.5, 0.6) is 0 Å². The van der Waals surface area contributed by atoms with Gasteiger partial charge in [0.05, 0.1) is 13.2 Å². The van der Waals surface area contributed by atoms with Crippen molar-refractivity contribution in [3.63, 3.8) is 0 Å². The van der Waals surface area contributed by atoms with Gasteiger partial charge in [-0.2, -0.15) is 0 Å². The van der Waals surface area contributed by atoms with Gasteiger partial charge in [-0.05, 0) is 31.2 Å². The molecule has 1 aromatic carbocycles. The summed E-state index contributed by atoms with van der Waals surface area (Å²) >= 11 is 5.56. The average molecular weight is 314 g/mol. The van der Waals surface area contributed by atoms with Crippen LogP contribution in [0.4, 0.5) is 5.69 Å². The Labute approximate surface area is 128 Å². The molecule has 116 valence electrons. The maximum absolute atomic E-state index is 10.5. The molecule has 0 unspecified atom stereocenters. The number of rotatable bonds is 2. The largest absolute Gasteiger partial charge is 0.477 e. The number of hydrogen-bond acceptors (Lipinski definition) is 5. The molecule has 0 bridgehead atoms. The summed E-state index contributed by atoms with van der Waals surface area (Å²) in [6, 6.07) is 7.05. The van der Waals surface area contributed by atoms with Crippen LogP contribution in [0, 0.1) is 0 Å². The van der Waals surface area contributed by atoms with Crippen molar-refractivity contribution in [1.29, 1.82) is 0 Å². The number of allylic oxidation sites excluding steroid dienone is 1. The number of hydrogen-bond donors (Lipinski definition) is 3. The molecule has 0 amide bonds. The first-order valence-electron chi connectivity index (χ1n) is 6.45. The fourth-order valence-corrected chi connectivity index (χ4v) is 1.81. The van der Waals surface area contributed by atoms with Gasteiger partial charge in [-0.25, -0.2) is 4.79 Å². The van der Waals surface area contributed by atoms with E-state index >= 15 is 0 Å². The molecule has 7 heteroatoms. The van der Waals surface area contributed by atoms with E-state index in [0.717, 1.165) is 10.7 Å². The molecule has 0 spiro atoms. The van der Waals surface area contributed by atoms with E-state index in [9.17, 15) is 4.79 Å². The third kappa shape index (κ3) is 5.93. The third-order valence-corrected chi connectivity index (χ3v) is 3.23. The van der Waals surface area contributed by atoms with Crippen molar-refractivity contribution >= 4 is 23.3 Å². The highest BCUT2D eigenvalue weighted by molar-refractivity contribution is 6.30. The lowest BCUT2D eigenvalue weighted by molar-refractivity contribution is -0.132. The van der Waals surface area contributed by atoms with Crippen LogP contribution in [0.3, 0.4) is 0 Å². The zero-order chi connectivity index (χ0) is 15.8. The lowest BCUT2D eigenvalue weighted by Crippen LogP contribution is -2.36. The first-order valence-corrected chi connectivity index (χ1v) is 6.83. The minimum Gasteiger partial charge on any atom is -0.477 e. The van der Waals surface area contributed by atoms with Gasteiger partial charge in [0, 0.05) is 29.5 Å². The van der Waals surface area contributed by atoms with Gasteiger partial charge in [0.25, 0.3) is 0 Å². The number of benzene rings is 1. The Morgan fingerprint density at radius 1 is 1.29 bits per heavy atom. The Bertz CT molecular complexity index is 476. The summed E-state index contributed by atoms with van der Waals surface area (Å²) in [7, 11) is 0. The van der Waals surface area contributed by atoms with E-state index in [1.54, 1.807) is 31.2 Å². The van der Waals surface area contributed by atoms with Crippen LogP contribution in [-0.4, -0.2) is 42.3 Å². The first-order chi connectivity index (χ1) is 9.91. The lowest BCUT2D eigenvalue weighted by Gasteiger charge is -2.29. The fourth-order valence-electron chi connectivity index (χ4n) is 1.69. The molecule has 21 heavy (non-hydrogen) atoms. The van der Waals surface area contributed by atoms with Gasteiger partial charge in [0.1, 0.15) is 5.70 Å². The van der Waals surface area contributed by atoms with Gasteiger partial charge in [-0.1, -0.05) is 11.6 Å². The molecular weight excluding hydrogens is 294 g/mol. The molecule has 0 aromatic heterocycles. The maximum Gasteiger partial charge on any atom is 0.353 e. The lowest BCUT2D eigenvalue weighted by atomic mass is 10.3. The van der Waals surface area contributed by atoms with Crippen LogP contribution in [-0.2, 0) is 9.53 Å². The van der Waals surface area contributed by atoms with Gasteiger partial charge in [-0.3, -0.25) is 0 Å². The zero-order valence-corrected chi connectivity index (χ0v) is 12.6. The summed E-state index contributed by atoms with van der Waals surface area (Å²) < 4.78 is 5.14. The Hall–Kier alpha value is -1.92. The van der Waals surface area contributed by atoms with Gasteiger partial charge >= 0.3 is 5.97 Å². The van der Waals surface area contributed by atoms with Crippen molar-refractivity contribution < 1.29 is 14.6 Å². The van der Waals surface area contributed by atoms with Crippen LogP contribution in [0.15, 0.2) is 35.7 Å². The quantitative estimate of drug-likeness (QED) is 0.565. The molecule has 1 aliphatic rings. The van der Waals surface area contributed by atoms with Crippen LogP contribution in [0.1, 0.15) is 6.92 Å². The van der Waals surface area contributed by atoms with Crippen LogP contribution < -0.4 is 11.5 Å². The number of nitrogens with two attached hydrogens (primary N) is 2. The highest BCUT2D eigenvalue weighted by Gasteiger charge is 2.15. The van der Waals surface area contributed by atoms with E-state index in [0.29, 0.717) is 32.0 Å². The van der Waals surface area contributed by atoms with Crippen LogP contribution in [0.25, 0.3) is 0 Å². The number of ether oxygens (including phenoxy) is 1. The topological polar surface area (TPSA) is 102 Å². The number of carboxylic acid groups (broad SMARTS) is 1. The van der Waals surface area contributed by atoms with Crippen molar-refractivity contribution in [2.75, 3.05) is 32.0 Å². The van der Waals surface area contributed by atoms with E-state index in [-0.39, 0.29) is 5.70 Å². The fraction of sp³-hybridized carbons (Fsp3) is 0.357. The van der Waals surface area contributed by atoms with E-state index in [4.69, 9.17) is 32.9 Å². The smallest absolute Gasteiger partial charge is 0.353 e. The SMILES string of the molecule is CC(=C(N)C(=O)O)N1CCOCC1.Nc1ccc(Cl)cc1. The normalized spacial score (nSPS) is 15.6. The molecule has 5 N–H and O–H groups in total. The molecule has 1 heterocycles. The van der Waals surface area contributed by atoms with Crippen molar-refractivity contribution in [2.45, 2.75) is 6.92 Å². The van der Waals surface area contributed by atoms with Gasteiger partial charge in [-0.15, -0.1) is 0 Å². The highest BCUT2D eigenvalue weighted by atomic mass is 35.5. The Balaban J connectivity index is 0.000000235. The maximum atomic E-state index is 10.5. The highest BCUT2D eigenvalue weighted by Crippen LogP contribution is 2.10. The summed E-state index contributed by atoms with van der Waals surface area (Å²) in [5.74, 6) is -1.07. The molecular formula is C14H20ClN3O3. The minimum atomic E-state index is -1.07. The monoisotopic (exact) mass is 313 g/mol. The molecule has 0 saturated carbocycles. The molecule has 1 fully saturated rings. The molecule has 0 atom stereocenters. The minimum absolute atomic E-state index is 0.0816. The standard InChI is InChI=1S/C8H14N2O3.C6H6ClN/c1-6(7(9)8(11)12)10-2-4-13-5-3-10;7-5-1-3-6(8)4-2-5/h2-5,9H2,1H3,(H,11,12);1-4H,8H2. The summed E-state index contributed by atoms with van der Waals surface area (Å²) in [5, 5.41) is 9.36. The summed E-state index contributed by atoms with van der Waals surface area (Å²) in [5.41, 5.74) is 12.0. The molecule has 0 aliphatic carbocycles. The van der Waals surface area contributed by atoms with Gasteiger partial charge in [0.15, 0.2) is 0 Å². The van der Waals surface area contributed by atoms with Crippen LogP contribution in [0.2, 0.25) is 5.02 Å². The molecule has 0 radical (unpaired) electrons. The molecule has 6 nitrogen and oxygen atoms in total. The Morgan fingerprint density at radius 3 is 2.24 bits per heavy atom. The molecule has 1 saturated heterocycles. The van der Waals surface area contributed by atoms with Crippen molar-refractivity contribution in [3.05, 3.63) is 40.7 Å². The van der Waals surface area contributed by atoms with Gasteiger partial charge < -0.3 is 26.2 Å². The number of aliphatic carboxylic acids is 1. The Kier molecular flexibility index (Phi) is 6.84. The van der Waals surface area contributed by atoms with Crippen LogP contribution >= 0.6 is 11.6 Å². The zero-order valence-electron chi connectivity index (χ0n) is 11.9. The van der Waals surface area contributed by atoms with E-state index < -0.39 is 5.97 Å². The third-order valence-electron chi connectivity index (χ3n) is 2.98. The number of carbonyl (C=O) groups is 1. The predicted molar refractivity (Wildman–Crippen MR) is 82.8 cm³/mol. The first kappa shape index (κ1) is 17.1. The molecule has 1 aliphatic heterocycles. The molecule has 1 aromatic rings. The van der Waals surface area contributed by atoms with Crippen molar-refractivity contribution in [3.8, 4) is 0 Å². The number of nitrogen functional groups attached to an aromatic ring is 1. The second-order valence-electron chi connectivity index (χ2n) is 4.46. The summed E-state index contributed by atoms with van der Waals surface area (Å²) in [6.07, 6.45) is 0. The van der Waals surface area contributed by atoms with E-state index in [1.807, 2.05) is 4.90 Å². The second kappa shape index (κ2) is 8.39. The number of morpholine rings is 1. The number of carboxylic acids is 1. The Morgan fingerprint density at radius 2 is 1.81 bits per heavy atom. The van der Waals surface area contributed by atoms with Gasteiger partial charge in [0.2, 0.25) is 0 Å². The van der Waals surface area contributed by atoms with Crippen molar-refractivity contribution in [1.82, 2.24) is 4.90 Å². The second-order valence-corrected chi connectivity index (χ2v) is 4.89. The molecule has 2 rings (SSSR count). The van der Waals surface area contributed by atoms with Crippen molar-refractivity contribution in [2.24, 2.45) is 5.73 Å².